The number of ether oxygens (including phenoxy) is 4. The minimum absolute atomic E-state index is 0.0797. The fourth-order valence-corrected chi connectivity index (χ4v) is 2.67. The third-order valence-corrected chi connectivity index (χ3v) is 3.95. The average Bonchev–Trinajstić information content (AvgIpc) is 2.59. The van der Waals surface area contributed by atoms with Crippen molar-refractivity contribution in [1.82, 2.24) is 5.32 Å². The van der Waals surface area contributed by atoms with Crippen molar-refractivity contribution >= 4 is 5.91 Å². The van der Waals surface area contributed by atoms with Gasteiger partial charge in [0.25, 0.3) is 0 Å². The minimum atomic E-state index is -0.273. The van der Waals surface area contributed by atoms with E-state index in [0.717, 1.165) is 51.7 Å². The summed E-state index contributed by atoms with van der Waals surface area (Å²) in [6, 6.07) is -0.273. The second kappa shape index (κ2) is 10.9. The van der Waals surface area contributed by atoms with Crippen LogP contribution in [0.25, 0.3) is 0 Å². The van der Waals surface area contributed by atoms with Crippen LogP contribution < -0.4 is 5.32 Å². The van der Waals surface area contributed by atoms with E-state index in [2.05, 4.69) is 5.32 Å². The van der Waals surface area contributed by atoms with Gasteiger partial charge in [-0.05, 0) is 38.5 Å². The average molecular weight is 331 g/mol. The monoisotopic (exact) mass is 331 g/mol. The molecule has 0 spiro atoms. The van der Waals surface area contributed by atoms with E-state index < -0.39 is 0 Å². The normalized spacial score (nSPS) is 26.7. The number of amides is 1. The SMILES string of the molecule is O=C(CCO)NC(COC1CCCCO1)COC1CCCCO1. The smallest absolute Gasteiger partial charge is 0.222 e. The first-order valence-electron chi connectivity index (χ1n) is 8.64. The van der Waals surface area contributed by atoms with E-state index in [1.165, 1.54) is 0 Å². The van der Waals surface area contributed by atoms with Crippen molar-refractivity contribution in [2.24, 2.45) is 0 Å². The standard InChI is InChI=1S/C16H29NO6/c18-8-7-14(19)17-13(11-22-15-5-1-3-9-20-15)12-23-16-6-2-4-10-21-16/h13,15-16,18H,1-12H2,(H,17,19). The Hall–Kier alpha value is -0.730. The van der Waals surface area contributed by atoms with Crippen LogP contribution in [-0.4, -0.2) is 62.7 Å². The molecule has 0 aromatic heterocycles. The Morgan fingerprint density at radius 1 is 1.04 bits per heavy atom. The number of aliphatic hydroxyl groups is 1. The second-order valence-corrected chi connectivity index (χ2v) is 6.00. The maximum atomic E-state index is 11.7. The van der Waals surface area contributed by atoms with Gasteiger partial charge in [-0.3, -0.25) is 4.79 Å². The van der Waals surface area contributed by atoms with Crippen LogP contribution in [0.2, 0.25) is 0 Å². The van der Waals surface area contributed by atoms with Gasteiger partial charge in [-0.1, -0.05) is 0 Å². The number of carbonyl (C=O) groups excluding carboxylic acids is 1. The highest BCUT2D eigenvalue weighted by Gasteiger charge is 2.21. The van der Waals surface area contributed by atoms with Crippen LogP contribution >= 0.6 is 0 Å². The van der Waals surface area contributed by atoms with Crippen LogP contribution in [0.5, 0.6) is 0 Å². The largest absolute Gasteiger partial charge is 0.396 e. The lowest BCUT2D eigenvalue weighted by atomic mass is 10.2. The first-order valence-corrected chi connectivity index (χ1v) is 8.64. The molecule has 2 N–H and O–H groups in total. The van der Waals surface area contributed by atoms with E-state index in [1.54, 1.807) is 0 Å². The highest BCUT2D eigenvalue weighted by atomic mass is 16.7. The van der Waals surface area contributed by atoms with Gasteiger partial charge in [-0.25, -0.2) is 0 Å². The van der Waals surface area contributed by atoms with Crippen molar-refractivity contribution in [3.63, 3.8) is 0 Å². The Labute approximate surface area is 137 Å². The van der Waals surface area contributed by atoms with Gasteiger partial charge in [-0.2, -0.15) is 0 Å². The fourth-order valence-electron chi connectivity index (χ4n) is 2.67. The van der Waals surface area contributed by atoms with Crippen molar-refractivity contribution in [2.45, 2.75) is 63.6 Å². The molecular weight excluding hydrogens is 302 g/mol. The van der Waals surface area contributed by atoms with Gasteiger partial charge >= 0.3 is 0 Å². The molecule has 134 valence electrons. The molecule has 0 aromatic carbocycles. The molecule has 0 aromatic rings. The molecule has 2 atom stereocenters. The first kappa shape index (κ1) is 18.6. The summed E-state index contributed by atoms with van der Waals surface area (Å²) in [5.41, 5.74) is 0. The molecule has 2 rings (SSSR count). The lowest BCUT2D eigenvalue weighted by Gasteiger charge is -2.28. The van der Waals surface area contributed by atoms with Crippen molar-refractivity contribution in [2.75, 3.05) is 33.0 Å². The number of hydrogen-bond acceptors (Lipinski definition) is 6. The minimum Gasteiger partial charge on any atom is -0.396 e. The zero-order valence-electron chi connectivity index (χ0n) is 13.7. The topological polar surface area (TPSA) is 86.3 Å². The van der Waals surface area contributed by atoms with Crippen LogP contribution in [0, 0.1) is 0 Å². The third-order valence-electron chi connectivity index (χ3n) is 3.95. The molecule has 2 aliphatic heterocycles. The Morgan fingerprint density at radius 3 is 2.04 bits per heavy atom. The summed E-state index contributed by atoms with van der Waals surface area (Å²) in [5, 5.41) is 11.7. The van der Waals surface area contributed by atoms with E-state index >= 15 is 0 Å². The molecule has 23 heavy (non-hydrogen) atoms. The molecule has 7 nitrogen and oxygen atoms in total. The number of carbonyl (C=O) groups is 1. The maximum absolute atomic E-state index is 11.7. The summed E-state index contributed by atoms with van der Waals surface area (Å²) in [6.45, 7) is 1.93. The highest BCUT2D eigenvalue weighted by Crippen LogP contribution is 2.15. The van der Waals surface area contributed by atoms with Crippen LogP contribution in [0.1, 0.15) is 44.9 Å². The zero-order chi connectivity index (χ0) is 16.3. The summed E-state index contributed by atoms with van der Waals surface area (Å²) in [6.07, 6.45) is 5.76. The summed E-state index contributed by atoms with van der Waals surface area (Å²) >= 11 is 0. The molecular formula is C16H29NO6. The Morgan fingerprint density at radius 2 is 1.61 bits per heavy atom. The molecule has 1 amide bonds. The van der Waals surface area contributed by atoms with Crippen molar-refractivity contribution in [3.8, 4) is 0 Å². The Balaban J connectivity index is 1.73. The van der Waals surface area contributed by atoms with E-state index in [4.69, 9.17) is 24.1 Å². The van der Waals surface area contributed by atoms with Gasteiger partial charge in [0, 0.05) is 19.6 Å². The lowest BCUT2D eigenvalue weighted by Crippen LogP contribution is -2.44. The summed E-state index contributed by atoms with van der Waals surface area (Å²) in [5.74, 6) is -0.209. The Bertz CT molecular complexity index is 307. The third kappa shape index (κ3) is 7.58. The molecule has 2 fully saturated rings. The van der Waals surface area contributed by atoms with Gasteiger partial charge in [0.1, 0.15) is 0 Å². The second-order valence-electron chi connectivity index (χ2n) is 6.00. The van der Waals surface area contributed by atoms with Crippen LogP contribution in [0.3, 0.4) is 0 Å². The Kier molecular flexibility index (Phi) is 8.85. The lowest BCUT2D eigenvalue weighted by molar-refractivity contribution is -0.185. The van der Waals surface area contributed by atoms with Crippen molar-refractivity contribution < 1.29 is 28.8 Å². The van der Waals surface area contributed by atoms with Crippen LogP contribution in [-0.2, 0) is 23.7 Å². The van der Waals surface area contributed by atoms with Crippen LogP contribution in [0.15, 0.2) is 0 Å². The van der Waals surface area contributed by atoms with Gasteiger partial charge in [-0.15, -0.1) is 0 Å². The quantitative estimate of drug-likeness (QED) is 0.654. The first-order chi connectivity index (χ1) is 11.3. The molecule has 2 unspecified atom stereocenters. The van der Waals surface area contributed by atoms with Crippen molar-refractivity contribution in [1.29, 1.82) is 0 Å². The van der Waals surface area contributed by atoms with E-state index in [-0.39, 0.29) is 37.6 Å². The number of hydrogen-bond donors (Lipinski definition) is 2. The maximum Gasteiger partial charge on any atom is 0.222 e. The van der Waals surface area contributed by atoms with Gasteiger partial charge in [0.2, 0.25) is 5.91 Å². The van der Waals surface area contributed by atoms with Crippen LogP contribution in [0.4, 0.5) is 0 Å². The van der Waals surface area contributed by atoms with E-state index in [0.29, 0.717) is 13.2 Å². The predicted octanol–water partition coefficient (Wildman–Crippen LogP) is 0.940. The molecule has 0 bridgehead atoms. The van der Waals surface area contributed by atoms with E-state index in [1.807, 2.05) is 0 Å². The number of nitrogens with one attached hydrogen (secondary N) is 1. The fraction of sp³-hybridized carbons (Fsp3) is 0.938. The van der Waals surface area contributed by atoms with Gasteiger partial charge in [0.05, 0.1) is 25.9 Å². The number of aliphatic hydroxyl groups excluding tert-OH is 1. The number of rotatable bonds is 9. The molecule has 7 heteroatoms. The summed E-state index contributed by atoms with van der Waals surface area (Å²) < 4.78 is 22.6. The molecule has 0 aliphatic carbocycles. The predicted molar refractivity (Wildman–Crippen MR) is 82.7 cm³/mol. The molecule has 0 radical (unpaired) electrons. The molecule has 2 aliphatic rings. The summed E-state index contributed by atoms with van der Waals surface area (Å²) in [7, 11) is 0. The van der Waals surface area contributed by atoms with E-state index in [9.17, 15) is 4.79 Å². The van der Waals surface area contributed by atoms with Crippen molar-refractivity contribution in [3.05, 3.63) is 0 Å². The van der Waals surface area contributed by atoms with Gasteiger partial charge < -0.3 is 29.4 Å². The molecule has 2 saturated heterocycles. The molecule has 0 saturated carbocycles. The van der Waals surface area contributed by atoms with Gasteiger partial charge in [0.15, 0.2) is 12.6 Å². The zero-order valence-corrected chi connectivity index (χ0v) is 13.7. The highest BCUT2D eigenvalue weighted by molar-refractivity contribution is 5.76. The summed E-state index contributed by atoms with van der Waals surface area (Å²) in [4.78, 5) is 11.7. The molecule has 2 heterocycles.